The number of nitrogens with one attached hydrogen (secondary N) is 1. The number of pyridine rings is 1. The Balaban J connectivity index is 1.84. The summed E-state index contributed by atoms with van der Waals surface area (Å²) >= 11 is 0. The molecule has 1 unspecified atom stereocenters. The van der Waals surface area contributed by atoms with Crippen LogP contribution >= 0.6 is 0 Å². The van der Waals surface area contributed by atoms with Crippen LogP contribution in [0.5, 0.6) is 0 Å². The topological polar surface area (TPSA) is 110 Å². The second-order valence-electron chi connectivity index (χ2n) is 8.89. The van der Waals surface area contributed by atoms with Crippen LogP contribution in [0, 0.1) is 37.0 Å². The van der Waals surface area contributed by atoms with Gasteiger partial charge in [0.05, 0.1) is 0 Å². The molecule has 3 rings (SSSR count). The largest absolute Gasteiger partial charge is 0.348 e. The molecule has 0 aromatic carbocycles. The summed E-state index contributed by atoms with van der Waals surface area (Å²) in [5.74, 6) is 0.686. The summed E-state index contributed by atoms with van der Waals surface area (Å²) in [6.07, 6.45) is 4.94. The van der Waals surface area contributed by atoms with Crippen LogP contribution in [0.4, 0.5) is 0 Å². The number of hydrogen-bond donors (Lipinski definition) is 1. The first-order chi connectivity index (χ1) is 15.7. The summed E-state index contributed by atoms with van der Waals surface area (Å²) in [5, 5.41) is 16.6. The number of rotatable bonds is 8. The van der Waals surface area contributed by atoms with Gasteiger partial charge < -0.3 is 14.4 Å². The van der Waals surface area contributed by atoms with E-state index in [1.54, 1.807) is 30.6 Å². The van der Waals surface area contributed by atoms with E-state index < -0.39 is 11.9 Å². The fraction of sp³-hybridized carbons (Fsp3) is 0.400. The Kier molecular flexibility index (Phi) is 7.44. The lowest BCUT2D eigenvalue weighted by atomic mass is 10.0. The van der Waals surface area contributed by atoms with Gasteiger partial charge in [0, 0.05) is 35.9 Å². The summed E-state index contributed by atoms with van der Waals surface area (Å²) in [5.41, 5.74) is 3.78. The molecule has 0 radical (unpaired) electrons. The monoisotopic (exact) mass is 446 g/mol. The first-order valence-corrected chi connectivity index (χ1v) is 11.0. The molecule has 3 aromatic heterocycles. The molecular formula is C25H30N6O2. The zero-order valence-corrected chi connectivity index (χ0v) is 20.0. The van der Waals surface area contributed by atoms with Gasteiger partial charge in [-0.15, -0.1) is 0 Å². The van der Waals surface area contributed by atoms with Gasteiger partial charge in [0.15, 0.2) is 0 Å². The van der Waals surface area contributed by atoms with E-state index in [0.29, 0.717) is 11.7 Å². The standard InChI is InChI=1S/C25H30N6O2/c1-15(2)14-31-17(5)11-20(18(31)6)12-21(13-26)24(32)28-22(16(3)4)25-29-23(30-33-25)19-7-9-27-10-8-19/h7-12,15-16,22H,14H2,1-6H3,(H,28,32)/b21-12-. The third-order valence-electron chi connectivity index (χ3n) is 5.43. The smallest absolute Gasteiger partial charge is 0.262 e. The molecule has 3 aromatic rings. The molecule has 0 aliphatic rings. The second-order valence-corrected chi connectivity index (χ2v) is 8.89. The Morgan fingerprint density at radius 1 is 1.24 bits per heavy atom. The van der Waals surface area contributed by atoms with Gasteiger partial charge in [0.25, 0.3) is 5.91 Å². The molecule has 1 amide bonds. The molecule has 33 heavy (non-hydrogen) atoms. The number of amides is 1. The maximum atomic E-state index is 13.0. The van der Waals surface area contributed by atoms with Gasteiger partial charge in [-0.05, 0) is 55.5 Å². The summed E-state index contributed by atoms with van der Waals surface area (Å²) in [6.45, 7) is 13.1. The minimum absolute atomic E-state index is 0.0271. The predicted octanol–water partition coefficient (Wildman–Crippen LogP) is 4.63. The van der Waals surface area contributed by atoms with Crippen LogP contribution in [0.15, 0.2) is 40.7 Å². The highest BCUT2D eigenvalue weighted by molar-refractivity contribution is 6.02. The van der Waals surface area contributed by atoms with Crippen LogP contribution in [0.1, 0.15) is 56.6 Å². The molecule has 0 spiro atoms. The van der Waals surface area contributed by atoms with Crippen molar-refractivity contribution in [3.8, 4) is 17.5 Å². The summed E-state index contributed by atoms with van der Waals surface area (Å²) in [6, 6.07) is 7.07. The summed E-state index contributed by atoms with van der Waals surface area (Å²) in [7, 11) is 0. The molecule has 8 nitrogen and oxygen atoms in total. The molecule has 3 heterocycles. The highest BCUT2D eigenvalue weighted by Gasteiger charge is 2.26. The predicted molar refractivity (Wildman–Crippen MR) is 126 cm³/mol. The van der Waals surface area contributed by atoms with E-state index in [2.05, 4.69) is 38.9 Å². The minimum Gasteiger partial charge on any atom is -0.348 e. The average Bonchev–Trinajstić information content (AvgIpc) is 3.36. The van der Waals surface area contributed by atoms with E-state index in [0.717, 1.165) is 29.1 Å². The maximum Gasteiger partial charge on any atom is 0.262 e. The van der Waals surface area contributed by atoms with Gasteiger partial charge in [-0.2, -0.15) is 10.2 Å². The Hall–Kier alpha value is -3.73. The lowest BCUT2D eigenvalue weighted by Gasteiger charge is -2.18. The average molecular weight is 447 g/mol. The van der Waals surface area contributed by atoms with Crippen molar-refractivity contribution in [2.45, 2.75) is 54.1 Å². The summed E-state index contributed by atoms with van der Waals surface area (Å²) in [4.78, 5) is 21.5. The Morgan fingerprint density at radius 3 is 2.55 bits per heavy atom. The van der Waals surface area contributed by atoms with Crippen LogP contribution in [0.3, 0.4) is 0 Å². The first kappa shape index (κ1) is 23.9. The zero-order valence-electron chi connectivity index (χ0n) is 20.0. The molecule has 0 saturated carbocycles. The van der Waals surface area contributed by atoms with Gasteiger partial charge in [-0.1, -0.05) is 32.9 Å². The van der Waals surface area contributed by atoms with E-state index in [4.69, 9.17) is 4.52 Å². The number of carbonyl (C=O) groups is 1. The number of aromatic nitrogens is 4. The van der Waals surface area contributed by atoms with Crippen molar-refractivity contribution in [2.75, 3.05) is 0 Å². The molecule has 1 N–H and O–H groups in total. The van der Waals surface area contributed by atoms with Crippen molar-refractivity contribution in [3.05, 3.63) is 59.0 Å². The van der Waals surface area contributed by atoms with Crippen molar-refractivity contribution in [3.63, 3.8) is 0 Å². The summed E-state index contributed by atoms with van der Waals surface area (Å²) < 4.78 is 7.66. The highest BCUT2D eigenvalue weighted by Crippen LogP contribution is 2.24. The van der Waals surface area contributed by atoms with Crippen LogP contribution in [0.2, 0.25) is 0 Å². The number of nitriles is 1. The van der Waals surface area contributed by atoms with Crippen LogP contribution in [-0.4, -0.2) is 25.6 Å². The van der Waals surface area contributed by atoms with Crippen molar-refractivity contribution in [1.29, 1.82) is 5.26 Å². The van der Waals surface area contributed by atoms with Gasteiger partial charge in [-0.25, -0.2) is 0 Å². The third-order valence-corrected chi connectivity index (χ3v) is 5.43. The van der Waals surface area contributed by atoms with Crippen molar-refractivity contribution in [1.82, 2.24) is 25.0 Å². The Labute approximate surface area is 194 Å². The van der Waals surface area contributed by atoms with E-state index in [1.807, 2.05) is 39.8 Å². The number of aryl methyl sites for hydroxylation is 1. The lowest BCUT2D eigenvalue weighted by Crippen LogP contribution is -2.32. The molecule has 0 saturated heterocycles. The van der Waals surface area contributed by atoms with Crippen molar-refractivity contribution >= 4 is 12.0 Å². The molecule has 0 aliphatic carbocycles. The van der Waals surface area contributed by atoms with Gasteiger partial charge in [0.2, 0.25) is 11.7 Å². The fourth-order valence-corrected chi connectivity index (χ4v) is 3.64. The normalized spacial score (nSPS) is 12.8. The molecule has 0 aliphatic heterocycles. The Morgan fingerprint density at radius 2 is 1.94 bits per heavy atom. The minimum atomic E-state index is -0.536. The molecule has 1 atom stereocenters. The van der Waals surface area contributed by atoms with Gasteiger partial charge in [0.1, 0.15) is 17.7 Å². The maximum absolute atomic E-state index is 13.0. The van der Waals surface area contributed by atoms with Gasteiger partial charge >= 0.3 is 0 Å². The molecule has 0 bridgehead atoms. The number of carbonyl (C=O) groups excluding carboxylic acids is 1. The molecular weight excluding hydrogens is 416 g/mol. The van der Waals surface area contributed by atoms with Gasteiger partial charge in [-0.3, -0.25) is 9.78 Å². The van der Waals surface area contributed by atoms with E-state index in [9.17, 15) is 10.1 Å². The lowest BCUT2D eigenvalue weighted by molar-refractivity contribution is -0.118. The highest BCUT2D eigenvalue weighted by atomic mass is 16.5. The van der Waals surface area contributed by atoms with Crippen molar-refractivity contribution < 1.29 is 9.32 Å². The Bertz CT molecular complexity index is 1180. The van der Waals surface area contributed by atoms with E-state index >= 15 is 0 Å². The van der Waals surface area contributed by atoms with Crippen LogP contribution in [0.25, 0.3) is 17.5 Å². The first-order valence-electron chi connectivity index (χ1n) is 11.0. The molecule has 8 heteroatoms. The second kappa shape index (κ2) is 10.3. The van der Waals surface area contributed by atoms with E-state index in [-0.39, 0.29) is 17.4 Å². The SMILES string of the molecule is Cc1cc(/C=C(/C#N)C(=O)NC(c2nc(-c3ccncc3)no2)C(C)C)c(C)n1CC(C)C. The third kappa shape index (κ3) is 5.55. The molecule has 0 fully saturated rings. The number of nitrogens with zero attached hydrogens (tertiary/aromatic N) is 5. The number of hydrogen-bond acceptors (Lipinski definition) is 6. The fourth-order valence-electron chi connectivity index (χ4n) is 3.64. The van der Waals surface area contributed by atoms with E-state index in [1.165, 1.54) is 0 Å². The van der Waals surface area contributed by atoms with Crippen LogP contribution in [-0.2, 0) is 11.3 Å². The zero-order chi connectivity index (χ0) is 24.1. The quantitative estimate of drug-likeness (QED) is 0.399. The van der Waals surface area contributed by atoms with Crippen LogP contribution < -0.4 is 5.32 Å². The van der Waals surface area contributed by atoms with Crippen molar-refractivity contribution in [2.24, 2.45) is 11.8 Å². The molecule has 172 valence electrons.